The second-order valence-corrected chi connectivity index (χ2v) is 24.1. The highest BCUT2D eigenvalue weighted by atomic mass is 16.6. The number of nitrogens with zero attached hydrogens (tertiary/aromatic N) is 6. The van der Waals surface area contributed by atoms with E-state index >= 15 is 0 Å². The molecule has 27 nitrogen and oxygen atoms in total. The lowest BCUT2D eigenvalue weighted by atomic mass is 9.92. The van der Waals surface area contributed by atoms with E-state index in [4.69, 9.17) is 19.9 Å². The molecule has 5 aromatic carbocycles. The summed E-state index contributed by atoms with van der Waals surface area (Å²) < 4.78 is 16.9. The third kappa shape index (κ3) is 16.0. The van der Waals surface area contributed by atoms with Gasteiger partial charge in [-0.3, -0.25) is 62.6 Å². The SMILES string of the molecule is CC(C)[C@H](NC(=O)CCCCCN1C(=O)C=CC1=O)C(=O)N[C@@H](CCCNC(N)=O)C(=O)Nc1ccc(COC(=O)N(CCCNC(=O)CN2C(=O)c3cccc4c(N5CCOCC5)ccc(c34)C2=O)CCN2C(=O)c3cccc4c(N5CCOCC5)ccc(c34)C2=O)cc1. The molecule has 0 aliphatic carbocycles. The molecule has 13 amide bonds. The molecule has 5 aliphatic heterocycles. The summed E-state index contributed by atoms with van der Waals surface area (Å²) in [6, 6.07) is 21.1. The van der Waals surface area contributed by atoms with Gasteiger partial charge in [-0.05, 0) is 92.1 Å². The van der Waals surface area contributed by atoms with Crippen molar-refractivity contribution in [2.75, 3.05) is 114 Å². The maximum Gasteiger partial charge on any atom is 0.410 e. The third-order valence-corrected chi connectivity index (χ3v) is 17.4. The van der Waals surface area contributed by atoms with Crippen molar-refractivity contribution >= 4 is 110 Å². The van der Waals surface area contributed by atoms with Gasteiger partial charge in [-0.2, -0.15) is 0 Å². The molecule has 0 saturated carbocycles. The molecule has 500 valence electrons. The lowest BCUT2D eigenvalue weighted by molar-refractivity contribution is -0.137. The normalized spacial score (nSPS) is 16.0. The number of anilines is 3. The second-order valence-electron chi connectivity index (χ2n) is 24.1. The number of nitrogens with two attached hydrogens (primary N) is 1. The minimum atomic E-state index is -1.14. The number of amides is 13. The molecule has 10 rings (SSSR count). The molecule has 2 fully saturated rings. The number of unbranched alkanes of at least 4 members (excludes halogenated alkanes) is 2. The largest absolute Gasteiger partial charge is 0.445 e. The van der Waals surface area contributed by atoms with Crippen LogP contribution in [0.2, 0.25) is 0 Å². The molecular formula is C68H78N12O15. The van der Waals surface area contributed by atoms with Gasteiger partial charge in [-0.25, -0.2) is 9.59 Å². The molecule has 0 spiro atoms. The highest BCUT2D eigenvalue weighted by Gasteiger charge is 2.38. The van der Waals surface area contributed by atoms with Crippen LogP contribution in [0.3, 0.4) is 0 Å². The topological polar surface area (TPSA) is 338 Å². The van der Waals surface area contributed by atoms with Crippen molar-refractivity contribution in [1.82, 2.24) is 40.9 Å². The van der Waals surface area contributed by atoms with Gasteiger partial charge in [-0.1, -0.05) is 56.7 Å². The van der Waals surface area contributed by atoms with Crippen LogP contribution in [0.15, 0.2) is 97.1 Å². The number of ether oxygens (including phenoxy) is 3. The van der Waals surface area contributed by atoms with Crippen molar-refractivity contribution in [2.45, 2.75) is 77.5 Å². The van der Waals surface area contributed by atoms with Crippen LogP contribution < -0.4 is 42.1 Å². The van der Waals surface area contributed by atoms with Crippen LogP contribution in [-0.2, 0) is 49.6 Å². The van der Waals surface area contributed by atoms with Gasteiger partial charge in [0.2, 0.25) is 23.6 Å². The Balaban J connectivity index is 0.768. The Morgan fingerprint density at radius 2 is 1.13 bits per heavy atom. The maximum absolute atomic E-state index is 14.3. The van der Waals surface area contributed by atoms with Crippen LogP contribution in [0.25, 0.3) is 21.5 Å². The molecule has 2 saturated heterocycles. The minimum Gasteiger partial charge on any atom is -0.445 e. The van der Waals surface area contributed by atoms with Crippen LogP contribution in [-0.4, -0.2) is 201 Å². The van der Waals surface area contributed by atoms with Gasteiger partial charge in [0.05, 0.1) is 26.4 Å². The Morgan fingerprint density at radius 3 is 1.69 bits per heavy atom. The number of morpholine rings is 2. The van der Waals surface area contributed by atoms with Crippen LogP contribution in [0.4, 0.5) is 26.7 Å². The van der Waals surface area contributed by atoms with E-state index in [-0.39, 0.29) is 83.4 Å². The van der Waals surface area contributed by atoms with E-state index in [9.17, 15) is 57.5 Å². The highest BCUT2D eigenvalue weighted by Crippen LogP contribution is 2.38. The summed E-state index contributed by atoms with van der Waals surface area (Å²) >= 11 is 0. The molecule has 0 radical (unpaired) electrons. The number of nitrogens with one attached hydrogen (secondary N) is 5. The number of primary amides is 1. The quantitative estimate of drug-likeness (QED) is 0.0289. The summed E-state index contributed by atoms with van der Waals surface area (Å²) in [5.74, 6) is -5.70. The lowest BCUT2D eigenvalue weighted by Crippen LogP contribution is -2.54. The Kier molecular flexibility index (Phi) is 22.1. The number of carbonyl (C=O) groups is 12. The van der Waals surface area contributed by atoms with Gasteiger partial charge >= 0.3 is 12.1 Å². The number of rotatable bonds is 29. The summed E-state index contributed by atoms with van der Waals surface area (Å²) in [5.41, 5.74) is 9.09. The Bertz CT molecular complexity index is 3780. The van der Waals surface area contributed by atoms with E-state index in [0.717, 1.165) is 36.8 Å². The lowest BCUT2D eigenvalue weighted by Gasteiger charge is -2.33. The van der Waals surface area contributed by atoms with Crippen LogP contribution >= 0.6 is 0 Å². The summed E-state index contributed by atoms with van der Waals surface area (Å²) in [6.07, 6.45) is 3.60. The second kappa shape index (κ2) is 31.1. The standard InChI is InChI=1S/C68H78N12O15/c1-42(2)60(74-54(81)15-4-3-5-29-78-56(83)24-25-57(78)84)62(86)73-51(14-8-26-71-67(69)91)61(85)72-44-18-16-43(17-19-44)41-95-68(92)77(30-31-79-63(87)47-12-6-10-45-52(75-32-36-93-37-33-75)22-20-49(58(45)47)64(79)88)28-9-27-70-55(82)40-80-65(89)48-13-7-11-46-53(76-34-38-94-39-35-76)23-21-50(59(46)48)66(80)90/h6-7,10-13,16-25,42,51,60H,3-5,8-9,14-15,26-41H2,1-2H3,(H,70,82)(H,72,85)(H,73,86)(H,74,81)(H3,69,71,91)/t51-,60-/m0/s1. The summed E-state index contributed by atoms with van der Waals surface area (Å²) in [7, 11) is 0. The number of urea groups is 1. The Hall–Kier alpha value is -10.3. The summed E-state index contributed by atoms with van der Waals surface area (Å²) in [6.45, 7) is 7.28. The van der Waals surface area contributed by atoms with E-state index in [0.29, 0.717) is 116 Å². The molecule has 2 atom stereocenters. The predicted molar refractivity (Wildman–Crippen MR) is 349 cm³/mol. The maximum atomic E-state index is 14.3. The molecule has 5 aromatic rings. The first kappa shape index (κ1) is 67.6. The zero-order chi connectivity index (χ0) is 67.3. The van der Waals surface area contributed by atoms with E-state index in [2.05, 4.69) is 36.4 Å². The van der Waals surface area contributed by atoms with E-state index < -0.39 is 83.9 Å². The fourth-order valence-corrected chi connectivity index (χ4v) is 12.3. The molecule has 27 heteroatoms. The van der Waals surface area contributed by atoms with Crippen molar-refractivity contribution in [3.05, 3.63) is 125 Å². The molecule has 0 bridgehead atoms. The van der Waals surface area contributed by atoms with Crippen LogP contribution in [0.1, 0.15) is 106 Å². The van der Waals surface area contributed by atoms with Gasteiger partial charge in [0, 0.05) is 145 Å². The molecule has 7 N–H and O–H groups in total. The van der Waals surface area contributed by atoms with Crippen molar-refractivity contribution in [2.24, 2.45) is 11.7 Å². The van der Waals surface area contributed by atoms with Crippen molar-refractivity contribution in [1.29, 1.82) is 0 Å². The Morgan fingerprint density at radius 1 is 0.568 bits per heavy atom. The van der Waals surface area contributed by atoms with E-state index in [1.807, 2.05) is 24.3 Å². The smallest absolute Gasteiger partial charge is 0.410 e. The Labute approximate surface area is 547 Å². The first-order chi connectivity index (χ1) is 45.9. The zero-order valence-electron chi connectivity index (χ0n) is 53.1. The van der Waals surface area contributed by atoms with Crippen LogP contribution in [0.5, 0.6) is 0 Å². The van der Waals surface area contributed by atoms with E-state index in [1.165, 1.54) is 17.1 Å². The van der Waals surface area contributed by atoms with Crippen molar-refractivity contribution in [3.63, 3.8) is 0 Å². The van der Waals surface area contributed by atoms with Gasteiger partial charge < -0.3 is 61.2 Å². The minimum absolute atomic E-state index is 0.0106. The summed E-state index contributed by atoms with van der Waals surface area (Å²) in [4.78, 5) is 169. The van der Waals surface area contributed by atoms with Gasteiger partial charge in [0.25, 0.3) is 35.4 Å². The molecule has 5 aliphatic rings. The highest BCUT2D eigenvalue weighted by molar-refractivity contribution is 6.28. The van der Waals surface area contributed by atoms with E-state index in [1.54, 1.807) is 74.5 Å². The molecule has 5 heterocycles. The number of hydrogen-bond acceptors (Lipinski definition) is 17. The average Bonchev–Trinajstić information content (AvgIpc) is 0.988. The monoisotopic (exact) mass is 1300 g/mol. The molecule has 95 heavy (non-hydrogen) atoms. The van der Waals surface area contributed by atoms with Gasteiger partial charge in [0.15, 0.2) is 0 Å². The fourth-order valence-electron chi connectivity index (χ4n) is 12.3. The number of benzene rings is 5. The first-order valence-corrected chi connectivity index (χ1v) is 32.1. The molecule has 0 unspecified atom stereocenters. The van der Waals surface area contributed by atoms with Gasteiger partial charge in [-0.15, -0.1) is 0 Å². The van der Waals surface area contributed by atoms with Gasteiger partial charge in [0.1, 0.15) is 25.2 Å². The zero-order valence-corrected chi connectivity index (χ0v) is 53.1. The average molecular weight is 1300 g/mol. The van der Waals surface area contributed by atoms with Crippen molar-refractivity contribution < 1.29 is 71.7 Å². The van der Waals surface area contributed by atoms with Crippen LogP contribution in [0, 0.1) is 5.92 Å². The number of hydrogen-bond donors (Lipinski definition) is 6. The number of imide groups is 3. The molecule has 0 aromatic heterocycles. The fraction of sp³-hybridized carbons (Fsp3) is 0.412. The number of carbonyl (C=O) groups excluding carboxylic acids is 12. The summed E-state index contributed by atoms with van der Waals surface area (Å²) in [5, 5.41) is 16.1. The van der Waals surface area contributed by atoms with Crippen molar-refractivity contribution in [3.8, 4) is 0 Å². The third-order valence-electron chi connectivity index (χ3n) is 17.4. The first-order valence-electron chi connectivity index (χ1n) is 32.1. The molecular weight excluding hydrogens is 1220 g/mol. The predicted octanol–water partition coefficient (Wildman–Crippen LogP) is 4.20.